The maximum Gasteiger partial charge on any atom is 0.417 e. The second-order valence-electron chi connectivity index (χ2n) is 6.18. The zero-order chi connectivity index (χ0) is 22.1. The third kappa shape index (κ3) is 3.85. The maximum atomic E-state index is 14.4. The van der Waals surface area contributed by atoms with Gasteiger partial charge in [0.15, 0.2) is 28.8 Å². The number of H-pyrrole nitrogens is 1. The van der Waals surface area contributed by atoms with Crippen LogP contribution in [0.2, 0.25) is 0 Å². The lowest BCUT2D eigenvalue weighted by atomic mass is 10.2. The highest BCUT2D eigenvalue weighted by atomic mass is 19.1. The summed E-state index contributed by atoms with van der Waals surface area (Å²) in [5.74, 6) is -4.68. The minimum absolute atomic E-state index is 0.107. The Morgan fingerprint density at radius 3 is 2.77 bits per heavy atom. The fourth-order valence-electron chi connectivity index (χ4n) is 2.80. The molecule has 158 valence electrons. The van der Waals surface area contributed by atoms with E-state index in [9.17, 15) is 23.5 Å². The molecule has 0 saturated carbocycles. The van der Waals surface area contributed by atoms with Crippen LogP contribution < -0.4 is 21.1 Å². The van der Waals surface area contributed by atoms with Crippen molar-refractivity contribution in [3.8, 4) is 5.75 Å². The van der Waals surface area contributed by atoms with Crippen LogP contribution in [0.3, 0.4) is 0 Å². The molecule has 31 heavy (non-hydrogen) atoms. The summed E-state index contributed by atoms with van der Waals surface area (Å²) in [5.41, 5.74) is 0.666. The fraction of sp³-hybridized carbons (Fsp3) is 0.0526. The highest BCUT2D eigenvalue weighted by molar-refractivity contribution is 5.94. The first-order chi connectivity index (χ1) is 14.9. The van der Waals surface area contributed by atoms with Gasteiger partial charge in [0.1, 0.15) is 5.56 Å². The molecule has 0 atom stereocenters. The van der Waals surface area contributed by atoms with Crippen molar-refractivity contribution in [3.05, 3.63) is 64.3 Å². The summed E-state index contributed by atoms with van der Waals surface area (Å²) in [5, 5.41) is 14.8. The van der Waals surface area contributed by atoms with Gasteiger partial charge in [0, 0.05) is 11.9 Å². The van der Waals surface area contributed by atoms with E-state index in [0.717, 1.165) is 25.4 Å². The zero-order valence-corrected chi connectivity index (χ0v) is 15.7. The lowest BCUT2D eigenvalue weighted by Crippen LogP contribution is -2.09. The molecule has 4 N–H and O–H groups in total. The summed E-state index contributed by atoms with van der Waals surface area (Å²) in [4.78, 5) is 33.3. The molecule has 0 aliphatic carbocycles. The summed E-state index contributed by atoms with van der Waals surface area (Å²) < 4.78 is 37.6. The second-order valence-corrected chi connectivity index (χ2v) is 6.18. The van der Waals surface area contributed by atoms with E-state index in [2.05, 4.69) is 25.6 Å². The van der Waals surface area contributed by atoms with Crippen LogP contribution in [0.1, 0.15) is 10.4 Å². The van der Waals surface area contributed by atoms with Crippen LogP contribution in [0.25, 0.3) is 11.1 Å². The number of anilines is 4. The Bertz CT molecular complexity index is 1370. The second kappa shape index (κ2) is 7.74. The number of carboxylic acid groups (broad SMARTS) is 1. The van der Waals surface area contributed by atoms with Crippen LogP contribution in [0.15, 0.2) is 45.7 Å². The summed E-state index contributed by atoms with van der Waals surface area (Å²) in [6.45, 7) is 0. The van der Waals surface area contributed by atoms with Gasteiger partial charge in [0.05, 0.1) is 18.3 Å². The van der Waals surface area contributed by atoms with Crippen molar-refractivity contribution in [1.82, 2.24) is 15.0 Å². The number of aromatic carboxylic acids is 1. The maximum absolute atomic E-state index is 14.4. The predicted molar refractivity (Wildman–Crippen MR) is 105 cm³/mol. The lowest BCUT2D eigenvalue weighted by Gasteiger charge is -2.12. The van der Waals surface area contributed by atoms with E-state index in [1.165, 1.54) is 12.1 Å². The van der Waals surface area contributed by atoms with Crippen LogP contribution in [-0.2, 0) is 0 Å². The average molecular weight is 429 g/mol. The first-order valence-electron chi connectivity index (χ1n) is 8.65. The summed E-state index contributed by atoms with van der Waals surface area (Å²) in [6, 6.07) is 6.69. The molecule has 0 aliphatic rings. The number of benzene rings is 2. The van der Waals surface area contributed by atoms with Crippen LogP contribution in [0, 0.1) is 11.6 Å². The molecule has 2 heterocycles. The molecule has 2 aromatic heterocycles. The summed E-state index contributed by atoms with van der Waals surface area (Å²) in [6.07, 6.45) is 1.02. The van der Waals surface area contributed by atoms with Crippen molar-refractivity contribution >= 4 is 40.2 Å². The van der Waals surface area contributed by atoms with E-state index in [4.69, 9.17) is 9.15 Å². The number of aromatic nitrogens is 3. The molecule has 0 unspecified atom stereocenters. The van der Waals surface area contributed by atoms with Gasteiger partial charge in [-0.2, -0.15) is 4.98 Å². The number of carbonyl (C=O) groups is 1. The fourth-order valence-corrected chi connectivity index (χ4v) is 2.80. The van der Waals surface area contributed by atoms with Gasteiger partial charge < -0.3 is 24.9 Å². The van der Waals surface area contributed by atoms with Gasteiger partial charge in [-0.15, -0.1) is 0 Å². The number of nitrogens with one attached hydrogen (secondary N) is 3. The van der Waals surface area contributed by atoms with Crippen LogP contribution in [0.4, 0.5) is 31.9 Å². The first kappa shape index (κ1) is 19.8. The highest BCUT2D eigenvalue weighted by Gasteiger charge is 2.18. The molecule has 0 bridgehead atoms. The SMILES string of the molecule is COc1c(F)ccc(Nc2ncc(C(=O)O)c(Nc3ccc4oc(=O)[nH]c4c3)n2)c1F. The van der Waals surface area contributed by atoms with Crippen molar-refractivity contribution in [1.29, 1.82) is 0 Å². The van der Waals surface area contributed by atoms with E-state index >= 15 is 0 Å². The van der Waals surface area contributed by atoms with E-state index in [1.54, 1.807) is 6.07 Å². The summed E-state index contributed by atoms with van der Waals surface area (Å²) >= 11 is 0. The Morgan fingerprint density at radius 1 is 1.23 bits per heavy atom. The number of carboxylic acids is 1. The molecular weight excluding hydrogens is 416 g/mol. The Kier molecular flexibility index (Phi) is 4.95. The van der Waals surface area contributed by atoms with E-state index in [0.29, 0.717) is 16.8 Å². The average Bonchev–Trinajstić information content (AvgIpc) is 3.10. The Balaban J connectivity index is 1.69. The van der Waals surface area contributed by atoms with Gasteiger partial charge in [-0.25, -0.2) is 23.4 Å². The largest absolute Gasteiger partial charge is 0.491 e. The molecular formula is C19H13F2N5O5. The number of methoxy groups -OCH3 is 1. The topological polar surface area (TPSA) is 142 Å². The van der Waals surface area contributed by atoms with E-state index in [1.807, 2.05) is 0 Å². The number of halogens is 2. The van der Waals surface area contributed by atoms with Crippen LogP contribution in [0.5, 0.6) is 5.75 Å². The Labute approximate surface area is 171 Å². The molecule has 4 aromatic rings. The minimum Gasteiger partial charge on any atom is -0.491 e. The van der Waals surface area contributed by atoms with Crippen molar-refractivity contribution in [2.45, 2.75) is 0 Å². The third-order valence-corrected chi connectivity index (χ3v) is 4.20. The van der Waals surface area contributed by atoms with Crippen LogP contribution >= 0.6 is 0 Å². The number of fused-ring (bicyclic) bond motifs is 1. The van der Waals surface area contributed by atoms with E-state index in [-0.39, 0.29) is 23.0 Å². The molecule has 0 fully saturated rings. The number of hydrogen-bond donors (Lipinski definition) is 4. The molecule has 12 heteroatoms. The van der Waals surface area contributed by atoms with Crippen molar-refractivity contribution < 1.29 is 27.8 Å². The molecule has 0 radical (unpaired) electrons. The van der Waals surface area contributed by atoms with Gasteiger partial charge in [-0.3, -0.25) is 4.98 Å². The summed E-state index contributed by atoms with van der Waals surface area (Å²) in [7, 11) is 1.12. The Morgan fingerprint density at radius 2 is 2.03 bits per heavy atom. The first-order valence-corrected chi connectivity index (χ1v) is 8.65. The van der Waals surface area contributed by atoms with Gasteiger partial charge in [-0.05, 0) is 30.3 Å². The van der Waals surface area contributed by atoms with Crippen molar-refractivity contribution in [2.75, 3.05) is 17.7 Å². The van der Waals surface area contributed by atoms with Gasteiger partial charge in [0.25, 0.3) is 0 Å². The van der Waals surface area contributed by atoms with Crippen LogP contribution in [-0.4, -0.2) is 33.1 Å². The number of nitrogens with zero attached hydrogens (tertiary/aromatic N) is 2. The number of oxazole rings is 1. The zero-order valence-electron chi connectivity index (χ0n) is 15.7. The highest BCUT2D eigenvalue weighted by Crippen LogP contribution is 2.30. The molecule has 0 spiro atoms. The lowest BCUT2D eigenvalue weighted by molar-refractivity contribution is 0.0697. The molecule has 0 aliphatic heterocycles. The quantitative estimate of drug-likeness (QED) is 0.363. The number of aromatic amines is 1. The van der Waals surface area contributed by atoms with E-state index < -0.39 is 29.1 Å². The number of rotatable bonds is 6. The minimum atomic E-state index is -1.30. The standard InChI is InChI=1S/C19H13F2N5O5/c1-30-15-10(20)3-4-11(14(15)21)24-18-22-7-9(17(27)28)16(26-18)23-8-2-5-13-12(6-8)25-19(29)31-13/h2-7H,1H3,(H,25,29)(H,27,28)(H2,22,23,24,26). The molecule has 0 amide bonds. The van der Waals surface area contributed by atoms with Gasteiger partial charge >= 0.3 is 11.7 Å². The van der Waals surface area contributed by atoms with Gasteiger partial charge in [0.2, 0.25) is 5.95 Å². The molecule has 4 rings (SSSR count). The van der Waals surface area contributed by atoms with Gasteiger partial charge in [-0.1, -0.05) is 0 Å². The van der Waals surface area contributed by atoms with Crippen molar-refractivity contribution in [2.24, 2.45) is 0 Å². The predicted octanol–water partition coefficient (Wildman–Crippen LogP) is 3.38. The normalized spacial score (nSPS) is 10.8. The monoisotopic (exact) mass is 429 g/mol. The molecule has 10 nitrogen and oxygen atoms in total. The number of hydrogen-bond acceptors (Lipinski definition) is 8. The third-order valence-electron chi connectivity index (χ3n) is 4.20. The molecule has 2 aromatic carbocycles. The Hall–Kier alpha value is -4.48. The number of ether oxygens (including phenoxy) is 1. The van der Waals surface area contributed by atoms with Crippen molar-refractivity contribution in [3.63, 3.8) is 0 Å². The smallest absolute Gasteiger partial charge is 0.417 e. The molecule has 0 saturated heterocycles.